The van der Waals surface area contributed by atoms with Crippen LogP contribution in [0.1, 0.15) is 27.2 Å². The standard InChI is InChI=1S/C20H22BrO4.Ac/c1-4-17-9-12(2)19(23-13(3)22)20(24-17)25-18-8-6-14-10-16(21)7-5-15(14)11-18;/h5-12,17,19-20H,4H2,1-3H3;/q-1;/t12?,17?,19?,20-;/m1./s1. The largest absolute Gasteiger partial charge is 0.461 e. The van der Waals surface area contributed by atoms with Gasteiger partial charge in [0.2, 0.25) is 6.29 Å². The normalized spacial score (nSPS) is 25.4. The molecule has 3 unspecified atom stereocenters. The smallest absolute Gasteiger partial charge is 0.303 e. The molecule has 4 nitrogen and oxygen atoms in total. The van der Waals surface area contributed by atoms with Crippen molar-refractivity contribution >= 4 is 32.7 Å². The molecular formula is C20H22AcBrO4-. The monoisotopic (exact) mass is 632 g/mol. The third-order valence-corrected chi connectivity index (χ3v) is 4.84. The molecule has 0 bridgehead atoms. The van der Waals surface area contributed by atoms with Gasteiger partial charge in [-0.1, -0.05) is 54.4 Å². The van der Waals surface area contributed by atoms with Crippen LogP contribution in [0.15, 0.2) is 40.9 Å². The van der Waals surface area contributed by atoms with E-state index >= 15 is 0 Å². The zero-order valence-electron chi connectivity index (χ0n) is 15.1. The van der Waals surface area contributed by atoms with E-state index in [1.165, 1.54) is 6.92 Å². The number of carbonyl (C=O) groups excluding carboxylic acids is 1. The fourth-order valence-corrected chi connectivity index (χ4v) is 3.45. The Morgan fingerprint density at radius 3 is 2.62 bits per heavy atom. The first-order chi connectivity index (χ1) is 12.0. The van der Waals surface area contributed by atoms with E-state index in [2.05, 4.69) is 35.3 Å². The molecule has 1 aliphatic heterocycles. The minimum atomic E-state index is -0.623. The summed E-state index contributed by atoms with van der Waals surface area (Å²) in [6.45, 7) is 5.49. The van der Waals surface area contributed by atoms with Crippen molar-refractivity contribution in [3.05, 3.63) is 47.3 Å². The summed E-state index contributed by atoms with van der Waals surface area (Å²) in [5.74, 6) is 0.422. The Hall–Kier alpha value is -0.148. The fraction of sp³-hybridized carbons (Fsp3) is 0.400. The first-order valence-corrected chi connectivity index (χ1v) is 9.29. The first-order valence-electron chi connectivity index (χ1n) is 8.50. The summed E-state index contributed by atoms with van der Waals surface area (Å²) < 4.78 is 18.6. The molecule has 0 amide bonds. The molecule has 1 aliphatic rings. The molecule has 6 heteroatoms. The predicted molar refractivity (Wildman–Crippen MR) is 100 cm³/mol. The van der Waals surface area contributed by atoms with Crippen molar-refractivity contribution in [2.45, 2.75) is 45.7 Å². The fourth-order valence-electron chi connectivity index (χ4n) is 3.07. The van der Waals surface area contributed by atoms with Crippen molar-refractivity contribution in [3.63, 3.8) is 0 Å². The molecule has 26 heavy (non-hydrogen) atoms. The molecule has 0 spiro atoms. The first kappa shape index (κ1) is 22.1. The Balaban J connectivity index is 0.00000243. The van der Waals surface area contributed by atoms with Crippen LogP contribution in [-0.4, -0.2) is 24.5 Å². The van der Waals surface area contributed by atoms with E-state index in [1.54, 1.807) is 0 Å². The third-order valence-electron chi connectivity index (χ3n) is 4.34. The quantitative estimate of drug-likeness (QED) is 0.356. The molecule has 2 aromatic carbocycles. The summed E-state index contributed by atoms with van der Waals surface area (Å²) in [4.78, 5) is 11.5. The number of halogens is 1. The van der Waals surface area contributed by atoms with Crippen LogP contribution < -0.4 is 4.74 Å². The minimum Gasteiger partial charge on any atom is -0.461 e. The van der Waals surface area contributed by atoms with Gasteiger partial charge in [-0.25, -0.2) is 0 Å². The van der Waals surface area contributed by atoms with Crippen LogP contribution in [0.2, 0.25) is 0 Å². The Kier molecular flexibility index (Phi) is 8.40. The molecular weight excluding hydrogens is 611 g/mol. The predicted octanol–water partition coefficient (Wildman–Crippen LogP) is 4.89. The molecule has 1 heterocycles. The van der Waals surface area contributed by atoms with Gasteiger partial charge < -0.3 is 14.2 Å². The van der Waals surface area contributed by atoms with Gasteiger partial charge in [0, 0.05) is 55.5 Å². The van der Waals surface area contributed by atoms with Gasteiger partial charge in [-0.15, -0.1) is 5.92 Å². The van der Waals surface area contributed by atoms with Crippen LogP contribution in [0.4, 0.5) is 0 Å². The number of hydrogen-bond donors (Lipinski definition) is 0. The summed E-state index contributed by atoms with van der Waals surface area (Å²) in [6.07, 6.45) is 1.83. The van der Waals surface area contributed by atoms with Crippen molar-refractivity contribution in [2.75, 3.05) is 0 Å². The van der Waals surface area contributed by atoms with Crippen LogP contribution in [0.5, 0.6) is 5.75 Å². The van der Waals surface area contributed by atoms with E-state index < -0.39 is 12.4 Å². The third kappa shape index (κ3) is 5.44. The van der Waals surface area contributed by atoms with Crippen LogP contribution in [0.3, 0.4) is 0 Å². The van der Waals surface area contributed by atoms with Crippen molar-refractivity contribution < 1.29 is 63.1 Å². The average molecular weight is 633 g/mol. The van der Waals surface area contributed by atoms with E-state index in [1.807, 2.05) is 37.3 Å². The molecule has 0 aromatic heterocycles. The van der Waals surface area contributed by atoms with Crippen molar-refractivity contribution in [2.24, 2.45) is 5.92 Å². The Labute approximate surface area is 198 Å². The topological polar surface area (TPSA) is 44.8 Å². The number of benzene rings is 2. The molecule has 1 saturated heterocycles. The number of fused-ring (bicyclic) bond motifs is 1. The molecule has 4 atom stereocenters. The second-order valence-electron chi connectivity index (χ2n) is 6.35. The minimum absolute atomic E-state index is 0. The van der Waals surface area contributed by atoms with Gasteiger partial charge in [-0.3, -0.25) is 11.2 Å². The number of ether oxygens (including phenoxy) is 3. The summed E-state index contributed by atoms with van der Waals surface area (Å²) in [5, 5.41) is 2.20. The van der Waals surface area contributed by atoms with E-state index in [4.69, 9.17) is 14.2 Å². The van der Waals surface area contributed by atoms with E-state index in [0.29, 0.717) is 5.75 Å². The van der Waals surface area contributed by atoms with Gasteiger partial charge in [0.1, 0.15) is 11.9 Å². The SMILES string of the molecule is CCC1[CH-]C(C)C(OC(C)=O)[C@@H](Oc2ccc3cc(Br)ccc3c2)O1.[Ac]. The van der Waals surface area contributed by atoms with Gasteiger partial charge in [-0.2, -0.15) is 0 Å². The number of esters is 1. The van der Waals surface area contributed by atoms with Crippen molar-refractivity contribution in [3.8, 4) is 5.75 Å². The maximum atomic E-state index is 11.5. The maximum absolute atomic E-state index is 11.5. The van der Waals surface area contributed by atoms with Crippen molar-refractivity contribution in [1.82, 2.24) is 0 Å². The van der Waals surface area contributed by atoms with Crippen LogP contribution in [0.25, 0.3) is 10.8 Å². The van der Waals surface area contributed by atoms with E-state index in [0.717, 1.165) is 21.7 Å². The van der Waals surface area contributed by atoms with Crippen LogP contribution >= 0.6 is 15.9 Å². The molecule has 2 aromatic rings. The van der Waals surface area contributed by atoms with Crippen molar-refractivity contribution in [1.29, 1.82) is 0 Å². The van der Waals surface area contributed by atoms with Crippen LogP contribution in [-0.2, 0) is 14.3 Å². The summed E-state index contributed by atoms with van der Waals surface area (Å²) in [5.41, 5.74) is 0. The van der Waals surface area contributed by atoms with E-state index in [-0.39, 0.29) is 62.1 Å². The average Bonchev–Trinajstić information content (AvgIpc) is 2.57. The molecule has 0 saturated carbocycles. The van der Waals surface area contributed by atoms with E-state index in [9.17, 15) is 4.79 Å². The number of carbonyl (C=O) groups is 1. The molecule has 0 N–H and O–H groups in total. The zero-order chi connectivity index (χ0) is 18.0. The molecule has 137 valence electrons. The molecule has 1 radical (unpaired) electrons. The summed E-state index contributed by atoms with van der Waals surface area (Å²) >= 11 is 3.48. The van der Waals surface area contributed by atoms with Gasteiger partial charge in [0.05, 0.1) is 0 Å². The zero-order valence-corrected chi connectivity index (χ0v) is 21.5. The summed E-state index contributed by atoms with van der Waals surface area (Å²) in [7, 11) is 0. The maximum Gasteiger partial charge on any atom is 0.303 e. The Bertz CT molecular complexity index is 767. The molecule has 0 aliphatic carbocycles. The summed E-state index contributed by atoms with van der Waals surface area (Å²) in [6, 6.07) is 12.0. The second kappa shape index (κ2) is 9.87. The Morgan fingerprint density at radius 2 is 1.92 bits per heavy atom. The van der Waals surface area contributed by atoms with Gasteiger partial charge in [-0.05, 0) is 35.0 Å². The van der Waals surface area contributed by atoms with Gasteiger partial charge in [0.15, 0.2) is 0 Å². The second-order valence-corrected chi connectivity index (χ2v) is 7.26. The Morgan fingerprint density at radius 1 is 1.23 bits per heavy atom. The molecule has 3 rings (SSSR count). The van der Waals surface area contributed by atoms with Crippen LogP contribution in [0, 0.1) is 56.4 Å². The number of hydrogen-bond acceptors (Lipinski definition) is 4. The van der Waals surface area contributed by atoms with Gasteiger partial charge in [0.25, 0.3) is 0 Å². The number of rotatable bonds is 4. The van der Waals surface area contributed by atoms with Gasteiger partial charge >= 0.3 is 5.97 Å². The molecule has 1 fully saturated rings.